The molecule has 0 atom stereocenters. The number of rotatable bonds is 5. The standard InChI is InChI=1S/C20H16N4O3/c1-26-18-8-7-14(10-19(18)27-2)24-20(25)13(11-21)9-15-12-22-16-5-3-4-6-17(16)23-15/h3-10,12H,1-2H3,(H,24,25)/b13-9+. The molecule has 0 aliphatic heterocycles. The van der Waals surface area contributed by atoms with E-state index in [1.54, 1.807) is 18.2 Å². The van der Waals surface area contributed by atoms with Gasteiger partial charge in [-0.05, 0) is 30.3 Å². The highest BCUT2D eigenvalue weighted by atomic mass is 16.5. The summed E-state index contributed by atoms with van der Waals surface area (Å²) >= 11 is 0. The normalized spacial score (nSPS) is 10.9. The van der Waals surface area contributed by atoms with Crippen LogP contribution >= 0.6 is 0 Å². The molecule has 1 aromatic heterocycles. The molecule has 0 saturated carbocycles. The van der Waals surface area contributed by atoms with Gasteiger partial charge in [0.15, 0.2) is 11.5 Å². The Morgan fingerprint density at radius 2 is 1.85 bits per heavy atom. The van der Waals surface area contributed by atoms with Crippen molar-refractivity contribution < 1.29 is 14.3 Å². The molecule has 0 unspecified atom stereocenters. The number of nitriles is 1. The van der Waals surface area contributed by atoms with Gasteiger partial charge in [-0.3, -0.25) is 9.78 Å². The monoisotopic (exact) mass is 360 g/mol. The minimum absolute atomic E-state index is 0.0885. The van der Waals surface area contributed by atoms with Gasteiger partial charge in [-0.25, -0.2) is 4.98 Å². The maximum Gasteiger partial charge on any atom is 0.266 e. The van der Waals surface area contributed by atoms with Crippen LogP contribution in [0.25, 0.3) is 17.1 Å². The number of fused-ring (bicyclic) bond motifs is 1. The van der Waals surface area contributed by atoms with Crippen molar-refractivity contribution in [2.24, 2.45) is 0 Å². The van der Waals surface area contributed by atoms with Gasteiger partial charge >= 0.3 is 0 Å². The number of nitrogens with one attached hydrogen (secondary N) is 1. The zero-order valence-electron chi connectivity index (χ0n) is 14.8. The van der Waals surface area contributed by atoms with Crippen LogP contribution in [-0.4, -0.2) is 30.1 Å². The van der Waals surface area contributed by atoms with Gasteiger partial charge in [0.1, 0.15) is 11.6 Å². The molecule has 134 valence electrons. The smallest absolute Gasteiger partial charge is 0.266 e. The summed E-state index contributed by atoms with van der Waals surface area (Å²) in [4.78, 5) is 21.1. The first-order chi connectivity index (χ1) is 13.1. The van der Waals surface area contributed by atoms with Gasteiger partial charge < -0.3 is 14.8 Å². The zero-order valence-corrected chi connectivity index (χ0v) is 14.8. The first-order valence-corrected chi connectivity index (χ1v) is 8.01. The number of hydrogen-bond donors (Lipinski definition) is 1. The van der Waals surface area contributed by atoms with Crippen LogP contribution in [0.2, 0.25) is 0 Å². The van der Waals surface area contributed by atoms with Crippen LogP contribution in [0.3, 0.4) is 0 Å². The molecule has 0 bridgehead atoms. The third-order valence-corrected chi connectivity index (χ3v) is 3.77. The number of carbonyl (C=O) groups excluding carboxylic acids is 1. The summed E-state index contributed by atoms with van der Waals surface area (Å²) in [6.07, 6.45) is 2.92. The fourth-order valence-electron chi connectivity index (χ4n) is 2.45. The van der Waals surface area contributed by atoms with E-state index in [0.717, 1.165) is 5.52 Å². The van der Waals surface area contributed by atoms with E-state index in [9.17, 15) is 10.1 Å². The van der Waals surface area contributed by atoms with Crippen molar-refractivity contribution in [1.82, 2.24) is 9.97 Å². The highest BCUT2D eigenvalue weighted by molar-refractivity contribution is 6.09. The minimum atomic E-state index is -0.556. The highest BCUT2D eigenvalue weighted by Crippen LogP contribution is 2.29. The SMILES string of the molecule is COc1ccc(NC(=O)/C(C#N)=C/c2cnc3ccccc3n2)cc1OC. The minimum Gasteiger partial charge on any atom is -0.493 e. The Morgan fingerprint density at radius 1 is 1.11 bits per heavy atom. The fourth-order valence-corrected chi connectivity index (χ4v) is 2.45. The number of aromatic nitrogens is 2. The van der Waals surface area contributed by atoms with Crippen LogP contribution < -0.4 is 14.8 Å². The van der Waals surface area contributed by atoms with E-state index < -0.39 is 5.91 Å². The summed E-state index contributed by atoms with van der Waals surface area (Å²) in [5, 5.41) is 12.0. The molecule has 27 heavy (non-hydrogen) atoms. The van der Waals surface area contributed by atoms with Crippen molar-refractivity contribution in [2.75, 3.05) is 19.5 Å². The molecule has 3 aromatic rings. The van der Waals surface area contributed by atoms with Gasteiger partial charge in [0.05, 0.1) is 37.1 Å². The van der Waals surface area contributed by atoms with Crippen LogP contribution in [-0.2, 0) is 4.79 Å². The van der Waals surface area contributed by atoms with Crippen molar-refractivity contribution in [3.63, 3.8) is 0 Å². The molecule has 0 saturated heterocycles. The van der Waals surface area contributed by atoms with E-state index in [4.69, 9.17) is 9.47 Å². The Hall–Kier alpha value is -3.92. The van der Waals surface area contributed by atoms with Crippen molar-refractivity contribution in [1.29, 1.82) is 5.26 Å². The summed E-state index contributed by atoms with van der Waals surface area (Å²) in [5.74, 6) is 0.454. The summed E-state index contributed by atoms with van der Waals surface area (Å²) in [6.45, 7) is 0. The highest BCUT2D eigenvalue weighted by Gasteiger charge is 2.12. The second-order valence-corrected chi connectivity index (χ2v) is 5.48. The number of anilines is 1. The van der Waals surface area contributed by atoms with E-state index in [0.29, 0.717) is 28.4 Å². The molecule has 1 amide bonds. The Balaban J connectivity index is 1.85. The second kappa shape index (κ2) is 7.97. The molecule has 0 fully saturated rings. The number of hydrogen-bond acceptors (Lipinski definition) is 6. The third-order valence-electron chi connectivity index (χ3n) is 3.77. The van der Waals surface area contributed by atoms with Crippen molar-refractivity contribution in [3.05, 3.63) is 59.9 Å². The van der Waals surface area contributed by atoms with Gasteiger partial charge in [0, 0.05) is 11.8 Å². The topological polar surface area (TPSA) is 97.1 Å². The van der Waals surface area contributed by atoms with E-state index in [2.05, 4.69) is 15.3 Å². The summed E-state index contributed by atoms with van der Waals surface area (Å²) in [6, 6.07) is 14.2. The lowest BCUT2D eigenvalue weighted by Gasteiger charge is -2.10. The third kappa shape index (κ3) is 4.02. The molecule has 0 aliphatic carbocycles. The van der Waals surface area contributed by atoms with Crippen LogP contribution in [0, 0.1) is 11.3 Å². The lowest BCUT2D eigenvalue weighted by Crippen LogP contribution is -2.13. The lowest BCUT2D eigenvalue weighted by atomic mass is 10.2. The van der Waals surface area contributed by atoms with Crippen LogP contribution in [0.15, 0.2) is 54.2 Å². The average Bonchev–Trinajstić information content (AvgIpc) is 2.71. The Bertz CT molecular complexity index is 1070. The van der Waals surface area contributed by atoms with E-state index in [1.165, 1.54) is 26.5 Å². The Labute approximate surface area is 155 Å². The predicted octanol–water partition coefficient (Wildman–Crippen LogP) is 3.19. The molecule has 0 aliphatic rings. The molecule has 1 heterocycles. The molecule has 0 spiro atoms. The van der Waals surface area contributed by atoms with Gasteiger partial charge in [-0.1, -0.05) is 12.1 Å². The van der Waals surface area contributed by atoms with Crippen molar-refractivity contribution in [3.8, 4) is 17.6 Å². The number of ether oxygens (including phenoxy) is 2. The molecular weight excluding hydrogens is 344 g/mol. The zero-order chi connectivity index (χ0) is 19.2. The van der Waals surface area contributed by atoms with E-state index in [1.807, 2.05) is 30.3 Å². The molecule has 2 aromatic carbocycles. The van der Waals surface area contributed by atoms with Crippen molar-refractivity contribution in [2.45, 2.75) is 0 Å². The number of benzene rings is 2. The number of nitrogens with zero attached hydrogens (tertiary/aromatic N) is 3. The second-order valence-electron chi connectivity index (χ2n) is 5.48. The van der Waals surface area contributed by atoms with Crippen LogP contribution in [0.1, 0.15) is 5.69 Å². The molecule has 1 N–H and O–H groups in total. The summed E-state index contributed by atoms with van der Waals surface area (Å²) < 4.78 is 10.4. The summed E-state index contributed by atoms with van der Waals surface area (Å²) in [5.41, 5.74) is 2.23. The molecule has 3 rings (SSSR count). The van der Waals surface area contributed by atoms with Crippen LogP contribution in [0.5, 0.6) is 11.5 Å². The fraction of sp³-hybridized carbons (Fsp3) is 0.100. The van der Waals surface area contributed by atoms with Gasteiger partial charge in [0.2, 0.25) is 0 Å². The molecule has 0 radical (unpaired) electrons. The molecule has 7 nitrogen and oxygen atoms in total. The summed E-state index contributed by atoms with van der Waals surface area (Å²) in [7, 11) is 3.03. The van der Waals surface area contributed by atoms with E-state index >= 15 is 0 Å². The first kappa shape index (κ1) is 17.9. The predicted molar refractivity (Wildman–Crippen MR) is 101 cm³/mol. The maximum atomic E-state index is 12.4. The first-order valence-electron chi connectivity index (χ1n) is 8.01. The maximum absolute atomic E-state index is 12.4. The van der Waals surface area contributed by atoms with Gasteiger partial charge in [0.25, 0.3) is 5.91 Å². The van der Waals surface area contributed by atoms with Gasteiger partial charge in [-0.15, -0.1) is 0 Å². The van der Waals surface area contributed by atoms with Gasteiger partial charge in [-0.2, -0.15) is 5.26 Å². The van der Waals surface area contributed by atoms with E-state index in [-0.39, 0.29) is 5.57 Å². The van der Waals surface area contributed by atoms with Crippen LogP contribution in [0.4, 0.5) is 5.69 Å². The molecular formula is C20H16N4O3. The number of methoxy groups -OCH3 is 2. The lowest BCUT2D eigenvalue weighted by molar-refractivity contribution is -0.112. The average molecular weight is 360 g/mol. The quantitative estimate of drug-likeness (QED) is 0.554. The Kier molecular flexibility index (Phi) is 5.28. The number of amides is 1. The number of carbonyl (C=O) groups is 1. The largest absolute Gasteiger partial charge is 0.493 e. The Morgan fingerprint density at radius 3 is 2.56 bits per heavy atom. The number of para-hydroxylation sites is 2. The molecule has 7 heteroatoms. The van der Waals surface area contributed by atoms with Crippen molar-refractivity contribution >= 4 is 28.7 Å².